The van der Waals surface area contributed by atoms with Crippen LogP contribution in [0.2, 0.25) is 0 Å². The molecule has 0 atom stereocenters. The minimum atomic E-state index is -0.250. The summed E-state index contributed by atoms with van der Waals surface area (Å²) in [6.45, 7) is 2.72. The summed E-state index contributed by atoms with van der Waals surface area (Å²) in [4.78, 5) is 0. The summed E-state index contributed by atoms with van der Waals surface area (Å²) >= 11 is 0. The van der Waals surface area contributed by atoms with Crippen LogP contribution in [0, 0.1) is 5.21 Å². The Morgan fingerprint density at radius 2 is 2.00 bits per heavy atom. The first-order valence-corrected chi connectivity index (χ1v) is 3.58. The van der Waals surface area contributed by atoms with E-state index in [1.54, 1.807) is 0 Å². The lowest BCUT2D eigenvalue weighted by Crippen LogP contribution is -2.53. The predicted octanol–water partition coefficient (Wildman–Crippen LogP) is -1.09. The first-order chi connectivity index (χ1) is 4.77. The Hall–Kier alpha value is -0.160. The number of hydrogen-bond acceptors (Lipinski definition) is 2. The standard InChI is InChI=1S/C6H13N2O2/c9-6-5-8(10)3-1-7-2-4-8/h9H,1-6H2. The van der Waals surface area contributed by atoms with Crippen LogP contribution in [0.25, 0.3) is 0 Å². The molecule has 0 aromatic carbocycles. The molecule has 1 radical (unpaired) electrons. The lowest BCUT2D eigenvalue weighted by atomic mass is 10.3. The Balaban J connectivity index is 2.32. The third-order valence-corrected chi connectivity index (χ3v) is 1.84. The SMILES string of the molecule is [O-][N+]1(CCO)CC[N]CC1. The zero-order valence-corrected chi connectivity index (χ0v) is 5.99. The Labute approximate surface area is 60.6 Å². The Kier molecular flexibility index (Phi) is 2.62. The third-order valence-electron chi connectivity index (χ3n) is 1.84. The van der Waals surface area contributed by atoms with Gasteiger partial charge >= 0.3 is 0 Å². The fourth-order valence-electron chi connectivity index (χ4n) is 1.14. The van der Waals surface area contributed by atoms with E-state index in [-0.39, 0.29) is 11.3 Å². The molecule has 4 nitrogen and oxygen atoms in total. The monoisotopic (exact) mass is 145 g/mol. The van der Waals surface area contributed by atoms with Crippen LogP contribution in [0.3, 0.4) is 0 Å². The van der Waals surface area contributed by atoms with Crippen molar-refractivity contribution in [2.75, 3.05) is 39.3 Å². The van der Waals surface area contributed by atoms with Crippen molar-refractivity contribution < 1.29 is 9.75 Å². The highest BCUT2D eigenvalue weighted by Crippen LogP contribution is 2.04. The molecule has 0 unspecified atom stereocenters. The summed E-state index contributed by atoms with van der Waals surface area (Å²) in [6.07, 6.45) is 0. The summed E-state index contributed by atoms with van der Waals surface area (Å²) in [6, 6.07) is 0. The smallest absolute Gasteiger partial charge is 0.102 e. The molecule has 1 aliphatic rings. The molecule has 1 heterocycles. The first kappa shape index (κ1) is 7.94. The summed E-state index contributed by atoms with van der Waals surface area (Å²) in [5.41, 5.74) is 0. The van der Waals surface area contributed by atoms with E-state index in [1.165, 1.54) is 0 Å². The Bertz CT molecular complexity index is 96.4. The van der Waals surface area contributed by atoms with Crippen LogP contribution >= 0.6 is 0 Å². The molecule has 1 fully saturated rings. The summed E-state index contributed by atoms with van der Waals surface area (Å²) in [7, 11) is 0. The molecule has 0 saturated carbocycles. The van der Waals surface area contributed by atoms with Gasteiger partial charge in [0.05, 0.1) is 32.8 Å². The van der Waals surface area contributed by atoms with E-state index in [0.717, 1.165) is 0 Å². The molecular weight excluding hydrogens is 132 g/mol. The van der Waals surface area contributed by atoms with Gasteiger partial charge in [-0.1, -0.05) is 0 Å². The van der Waals surface area contributed by atoms with Crippen molar-refractivity contribution in [3.63, 3.8) is 0 Å². The number of piperazine rings is 1. The molecule has 1 saturated heterocycles. The molecule has 1 aliphatic heterocycles. The van der Waals surface area contributed by atoms with Crippen LogP contribution in [0.4, 0.5) is 0 Å². The highest BCUT2D eigenvalue weighted by Gasteiger charge is 2.19. The van der Waals surface area contributed by atoms with Crippen LogP contribution in [0.1, 0.15) is 0 Å². The molecule has 0 aliphatic carbocycles. The number of hydroxylamine groups is 3. The average molecular weight is 145 g/mol. The molecule has 0 amide bonds. The number of aliphatic hydroxyl groups excluding tert-OH is 1. The normalized spacial score (nSPS) is 24.6. The molecule has 1 rings (SSSR count). The van der Waals surface area contributed by atoms with E-state index in [0.29, 0.717) is 32.7 Å². The van der Waals surface area contributed by atoms with Gasteiger partial charge in [0.1, 0.15) is 6.54 Å². The van der Waals surface area contributed by atoms with Crippen LogP contribution in [0.15, 0.2) is 0 Å². The fourth-order valence-corrected chi connectivity index (χ4v) is 1.14. The van der Waals surface area contributed by atoms with Gasteiger partial charge in [-0.15, -0.1) is 0 Å². The van der Waals surface area contributed by atoms with E-state index in [2.05, 4.69) is 5.32 Å². The van der Waals surface area contributed by atoms with Crippen molar-refractivity contribution in [2.24, 2.45) is 0 Å². The number of rotatable bonds is 2. The van der Waals surface area contributed by atoms with E-state index in [4.69, 9.17) is 5.11 Å². The maximum Gasteiger partial charge on any atom is 0.102 e. The molecule has 0 aromatic rings. The van der Waals surface area contributed by atoms with Crippen LogP contribution in [-0.2, 0) is 0 Å². The Morgan fingerprint density at radius 3 is 2.50 bits per heavy atom. The summed E-state index contributed by atoms with van der Waals surface area (Å²) in [5, 5.41) is 24.0. The lowest BCUT2D eigenvalue weighted by molar-refractivity contribution is -0.882. The van der Waals surface area contributed by atoms with E-state index < -0.39 is 0 Å². The van der Waals surface area contributed by atoms with E-state index in [9.17, 15) is 5.21 Å². The van der Waals surface area contributed by atoms with Crippen molar-refractivity contribution in [1.29, 1.82) is 0 Å². The molecule has 4 heteroatoms. The highest BCUT2D eigenvalue weighted by molar-refractivity contribution is 4.56. The van der Waals surface area contributed by atoms with Crippen LogP contribution in [0.5, 0.6) is 0 Å². The van der Waals surface area contributed by atoms with Crippen molar-refractivity contribution >= 4 is 0 Å². The van der Waals surface area contributed by atoms with Gasteiger partial charge in [-0.2, -0.15) is 0 Å². The molecule has 59 valence electrons. The first-order valence-electron chi connectivity index (χ1n) is 3.58. The van der Waals surface area contributed by atoms with Gasteiger partial charge in [0.25, 0.3) is 0 Å². The Morgan fingerprint density at radius 1 is 1.40 bits per heavy atom. The molecule has 10 heavy (non-hydrogen) atoms. The second-order valence-corrected chi connectivity index (χ2v) is 2.62. The molecule has 0 bridgehead atoms. The van der Waals surface area contributed by atoms with Gasteiger partial charge in [-0.3, -0.25) is 0 Å². The topological polar surface area (TPSA) is 57.4 Å². The average Bonchev–Trinajstić information content (AvgIpc) is 1.89. The second kappa shape index (κ2) is 3.30. The maximum atomic E-state index is 11.4. The van der Waals surface area contributed by atoms with Crippen molar-refractivity contribution in [1.82, 2.24) is 5.32 Å². The number of aliphatic hydroxyl groups is 1. The minimum Gasteiger partial charge on any atom is -0.633 e. The zero-order chi connectivity index (χ0) is 7.45. The molecule has 0 aromatic heterocycles. The van der Waals surface area contributed by atoms with Crippen molar-refractivity contribution in [3.05, 3.63) is 5.21 Å². The fraction of sp³-hybridized carbons (Fsp3) is 1.00. The van der Waals surface area contributed by atoms with Gasteiger partial charge in [0.2, 0.25) is 0 Å². The predicted molar refractivity (Wildman–Crippen MR) is 37.2 cm³/mol. The minimum absolute atomic E-state index is 0.0104. The zero-order valence-electron chi connectivity index (χ0n) is 5.99. The van der Waals surface area contributed by atoms with Gasteiger partial charge in [0.15, 0.2) is 0 Å². The van der Waals surface area contributed by atoms with Gasteiger partial charge in [-0.05, 0) is 0 Å². The molecule has 1 N–H and O–H groups in total. The quantitative estimate of drug-likeness (QED) is 0.396. The highest BCUT2D eigenvalue weighted by atomic mass is 16.5. The van der Waals surface area contributed by atoms with E-state index >= 15 is 0 Å². The van der Waals surface area contributed by atoms with E-state index in [1.807, 2.05) is 0 Å². The molecular formula is C6H13N2O2. The summed E-state index contributed by atoms with van der Waals surface area (Å²) in [5.74, 6) is 0. The second-order valence-electron chi connectivity index (χ2n) is 2.62. The van der Waals surface area contributed by atoms with Crippen molar-refractivity contribution in [2.45, 2.75) is 0 Å². The van der Waals surface area contributed by atoms with Gasteiger partial charge < -0.3 is 15.0 Å². The summed E-state index contributed by atoms with van der Waals surface area (Å²) < 4.78 is -0.250. The lowest BCUT2D eigenvalue weighted by Gasteiger charge is -2.44. The van der Waals surface area contributed by atoms with Crippen LogP contribution < -0.4 is 5.32 Å². The number of quaternary nitrogens is 1. The van der Waals surface area contributed by atoms with Crippen molar-refractivity contribution in [3.8, 4) is 0 Å². The maximum absolute atomic E-state index is 11.4. The van der Waals surface area contributed by atoms with Gasteiger partial charge in [-0.25, -0.2) is 5.32 Å². The largest absolute Gasteiger partial charge is 0.633 e. The number of nitrogens with zero attached hydrogens (tertiary/aromatic N) is 2. The molecule has 0 spiro atoms. The van der Waals surface area contributed by atoms with Gasteiger partial charge in [0, 0.05) is 0 Å². The third kappa shape index (κ3) is 1.91. The number of hydrogen-bond donors (Lipinski definition) is 1. The van der Waals surface area contributed by atoms with Crippen LogP contribution in [-0.4, -0.2) is 49.1 Å².